The first kappa shape index (κ1) is 70.1. The van der Waals surface area contributed by atoms with Crippen molar-refractivity contribution >= 4 is 87.9 Å². The van der Waals surface area contributed by atoms with Crippen LogP contribution in [0.3, 0.4) is 0 Å². The molecule has 6 amide bonds. The van der Waals surface area contributed by atoms with Gasteiger partial charge >= 0.3 is 42.1 Å². The molecule has 0 spiro atoms. The first-order valence-corrected chi connectivity index (χ1v) is 30.5. The molecule has 96 heavy (non-hydrogen) atoms. The van der Waals surface area contributed by atoms with E-state index < -0.39 is 115 Å². The van der Waals surface area contributed by atoms with Crippen LogP contribution in [0.1, 0.15) is 103 Å². The zero-order chi connectivity index (χ0) is 69.1. The van der Waals surface area contributed by atoms with Crippen molar-refractivity contribution in [1.29, 1.82) is 0 Å². The number of nitrogens with zero attached hydrogens (tertiary/aromatic N) is 4. The molecule has 0 saturated carbocycles. The van der Waals surface area contributed by atoms with Crippen LogP contribution in [0.2, 0.25) is 0 Å². The van der Waals surface area contributed by atoms with Crippen LogP contribution in [-0.4, -0.2) is 162 Å². The number of piperidine rings is 1. The van der Waals surface area contributed by atoms with E-state index in [1.54, 1.807) is 65.4 Å². The molecule has 4 N–H and O–H groups in total. The Morgan fingerprint density at radius 3 is 1.94 bits per heavy atom. The zero-order valence-corrected chi connectivity index (χ0v) is 53.1. The highest BCUT2D eigenvalue weighted by Crippen LogP contribution is 2.44. The Balaban J connectivity index is 0.922. The number of carbonyl (C=O) groups excluding carboxylic acids is 10. The quantitative estimate of drug-likeness (QED) is 0.0221. The number of rotatable bonds is 22. The lowest BCUT2D eigenvalue weighted by atomic mass is 9.97. The number of benzene rings is 3. The molecule has 3 saturated heterocycles. The van der Waals surface area contributed by atoms with Crippen LogP contribution >= 0.6 is 0 Å². The Morgan fingerprint density at radius 2 is 1.31 bits per heavy atom. The average Bonchev–Trinajstić information content (AvgIpc) is 1.39. The number of anilines is 5. The molecule has 6 heterocycles. The lowest BCUT2D eigenvalue weighted by Crippen LogP contribution is -2.64. The van der Waals surface area contributed by atoms with E-state index >= 15 is 4.79 Å². The molecule has 2 unspecified atom stereocenters. The molecule has 5 aromatic rings. The predicted octanol–water partition coefficient (Wildman–Crippen LogP) is 7.91. The van der Waals surface area contributed by atoms with E-state index in [0.29, 0.717) is 49.1 Å². The largest absolute Gasteiger partial charge is 0.490 e. The van der Waals surface area contributed by atoms with Crippen LogP contribution in [0.5, 0.6) is 11.5 Å². The summed E-state index contributed by atoms with van der Waals surface area (Å²) in [4.78, 5) is 136. The molecule has 4 aliphatic rings. The van der Waals surface area contributed by atoms with Gasteiger partial charge < -0.3 is 82.7 Å². The second-order valence-corrected chi connectivity index (χ2v) is 22.7. The van der Waals surface area contributed by atoms with Crippen molar-refractivity contribution in [2.24, 2.45) is 14.1 Å². The molecule has 3 aromatic carbocycles. The maximum Gasteiger partial charge on any atom is 0.471 e. The minimum Gasteiger partial charge on any atom is -0.490 e. The van der Waals surface area contributed by atoms with E-state index in [9.17, 15) is 56.3 Å². The number of fused-ring (bicyclic) bond motifs is 2. The van der Waals surface area contributed by atoms with Gasteiger partial charge in [0.25, 0.3) is 17.7 Å². The van der Waals surface area contributed by atoms with Gasteiger partial charge in [-0.15, -0.1) is 0 Å². The van der Waals surface area contributed by atoms with Crippen LogP contribution in [0, 0.1) is 0 Å². The lowest BCUT2D eigenvalue weighted by molar-refractivity contribution is -0.282. The summed E-state index contributed by atoms with van der Waals surface area (Å²) in [5.41, 5.74) is 2.37. The average molecular weight is 1340 g/mol. The van der Waals surface area contributed by atoms with Crippen molar-refractivity contribution < 1.29 is 108 Å². The minimum atomic E-state index is -5.07. The summed E-state index contributed by atoms with van der Waals surface area (Å²) >= 11 is 0. The van der Waals surface area contributed by atoms with Gasteiger partial charge in [0.15, 0.2) is 42.3 Å². The van der Waals surface area contributed by atoms with Crippen molar-refractivity contribution in [2.75, 3.05) is 59.6 Å². The molecule has 512 valence electrons. The van der Waals surface area contributed by atoms with Crippen molar-refractivity contribution in [1.82, 2.24) is 14.0 Å². The second kappa shape index (κ2) is 30.9. The number of halogens is 3. The van der Waals surface area contributed by atoms with Crippen LogP contribution in [0.25, 0.3) is 11.1 Å². The van der Waals surface area contributed by atoms with Gasteiger partial charge in [-0.1, -0.05) is 24.8 Å². The zero-order valence-electron chi connectivity index (χ0n) is 53.1. The van der Waals surface area contributed by atoms with Crippen molar-refractivity contribution in [3.8, 4) is 22.6 Å². The monoisotopic (exact) mass is 1340 g/mol. The summed E-state index contributed by atoms with van der Waals surface area (Å²) in [6, 6.07) is 16.8. The Morgan fingerprint density at radius 1 is 0.698 bits per heavy atom. The Hall–Kier alpha value is -10.3. The summed E-state index contributed by atoms with van der Waals surface area (Å²) in [5, 5.41) is 10.0. The van der Waals surface area contributed by atoms with E-state index in [-0.39, 0.29) is 83.8 Å². The number of amides is 6. The fraction of sp³-hybridized carbons (Fsp3) is 0.415. The molecule has 3 fully saturated rings. The maximum absolute atomic E-state index is 15.1. The Labute approximate surface area is 547 Å². The normalized spacial score (nSPS) is 20.7. The van der Waals surface area contributed by atoms with Gasteiger partial charge in [-0.3, -0.25) is 38.4 Å². The van der Waals surface area contributed by atoms with Crippen LogP contribution < -0.4 is 35.6 Å². The van der Waals surface area contributed by atoms with Gasteiger partial charge in [-0.2, -0.15) is 13.2 Å². The molecule has 31 heteroatoms. The topological polar surface area (TPSA) is 327 Å². The molecule has 4 aliphatic heterocycles. The van der Waals surface area contributed by atoms with E-state index in [2.05, 4.69) is 22.5 Å². The molecular weight excluding hydrogens is 1270 g/mol. The first-order chi connectivity index (χ1) is 45.8. The number of esters is 4. The van der Waals surface area contributed by atoms with Crippen LogP contribution in [-0.2, 0) is 80.8 Å². The SMILES string of the molecule is C=CCOC(=O)N1c2cc(OCCCC(=O)Nc3cc(C(=O)Nc4ccc(-c5cc(C(=O)Nc6ccc(NC(=O)C(F)(F)F)cc6)n(C)c5)cc4)n(C)c3)c(O[C@@H]3O[C@H](C(=O)OC)[C@@H](OC(C)=O)[C@H](OC(C)=O)[C@H]3OC(C)=O)cc2C(=O)N2CCCC[C@H]2C1OC1CCCCO1. The highest BCUT2D eigenvalue weighted by molar-refractivity contribution is 6.07. The Bertz CT molecular complexity index is 3750. The van der Waals surface area contributed by atoms with Gasteiger partial charge in [0.2, 0.25) is 18.3 Å². The minimum absolute atomic E-state index is 0.00367. The maximum atomic E-state index is 15.1. The summed E-state index contributed by atoms with van der Waals surface area (Å²) in [5.74, 6) is -8.74. The molecule has 9 rings (SSSR count). The number of hydrogen-bond acceptors (Lipinski definition) is 20. The van der Waals surface area contributed by atoms with Crippen LogP contribution in [0.4, 0.5) is 46.4 Å². The fourth-order valence-electron chi connectivity index (χ4n) is 11.3. The van der Waals surface area contributed by atoms with E-state index in [1.807, 2.05) is 0 Å². The predicted molar refractivity (Wildman–Crippen MR) is 332 cm³/mol. The fourth-order valence-corrected chi connectivity index (χ4v) is 11.3. The first-order valence-electron chi connectivity index (χ1n) is 30.5. The summed E-state index contributed by atoms with van der Waals surface area (Å²) in [6.07, 6.45) is -8.96. The number of methoxy groups -OCH3 is 1. The molecule has 28 nitrogen and oxygen atoms in total. The van der Waals surface area contributed by atoms with Gasteiger partial charge in [0, 0.05) is 95.5 Å². The van der Waals surface area contributed by atoms with E-state index in [0.717, 1.165) is 40.7 Å². The highest BCUT2D eigenvalue weighted by atomic mass is 19.4. The van der Waals surface area contributed by atoms with Crippen molar-refractivity contribution in [2.45, 2.75) is 128 Å². The number of nitrogens with one attached hydrogen (secondary N) is 4. The number of carbonyl (C=O) groups is 10. The van der Waals surface area contributed by atoms with E-state index in [1.165, 1.54) is 64.2 Å². The standard InChI is InChI=1S/C65H71F3N8O20/c1-8-26-90-64(86)76-46-32-49(50(31-44(46)59(83)75-25-11-9-14-45(75)60(76)95-52-16-10-12-27-89-52)94-62-56(93-37(4)79)54(92-36(3)78)53(91-35(2)77)55(96-62)61(84)87-7)88-28-13-15-51(80)69-43-30-48(74(6)34-43)58(82)70-40-19-17-38(18-20-40)39-29-47(73(5)33-39)57(81)71-41-21-23-42(24-22-41)72-63(85)65(66,67)68/h8,17-24,29-34,45,52-56,60,62H,1,9-16,25-28H2,2-7H3,(H,69,80)(H,70,82)(H,71,81)(H,72,85)/t45-,52?,53-,54-,55-,56+,60?,62+/m0/s1. The smallest absolute Gasteiger partial charge is 0.471 e. The van der Waals surface area contributed by atoms with E-state index in [4.69, 9.17) is 47.4 Å². The molecule has 0 aliphatic carbocycles. The van der Waals surface area contributed by atoms with Crippen molar-refractivity contribution in [3.05, 3.63) is 115 Å². The number of alkyl halides is 3. The molecule has 0 radical (unpaired) electrons. The lowest BCUT2D eigenvalue weighted by Gasteiger charge is -2.43. The van der Waals surface area contributed by atoms with Gasteiger partial charge in [-0.25, -0.2) is 14.5 Å². The number of hydrogen-bond donors (Lipinski definition) is 4. The number of ether oxygens (including phenoxy) is 10. The van der Waals surface area contributed by atoms with Crippen LogP contribution in [0.15, 0.2) is 97.8 Å². The molecule has 2 aromatic heterocycles. The third kappa shape index (κ3) is 17.0. The third-order valence-electron chi connectivity index (χ3n) is 15.7. The van der Waals surface area contributed by atoms with Gasteiger partial charge in [0.1, 0.15) is 18.0 Å². The molecular formula is C65H71F3N8O20. The van der Waals surface area contributed by atoms with Crippen molar-refractivity contribution in [3.63, 3.8) is 0 Å². The van der Waals surface area contributed by atoms with Gasteiger partial charge in [0.05, 0.1) is 36.7 Å². The number of aryl methyl sites for hydroxylation is 2. The Kier molecular flexibility index (Phi) is 22.5. The highest BCUT2D eigenvalue weighted by Gasteiger charge is 2.56. The molecule has 0 bridgehead atoms. The summed E-state index contributed by atoms with van der Waals surface area (Å²) < 4.78 is 100. The third-order valence-corrected chi connectivity index (χ3v) is 15.7. The number of aromatic nitrogens is 2. The van der Waals surface area contributed by atoms with Gasteiger partial charge in [-0.05, 0) is 105 Å². The second-order valence-electron chi connectivity index (χ2n) is 22.7. The molecule has 8 atom stereocenters. The summed E-state index contributed by atoms with van der Waals surface area (Å²) in [7, 11) is 4.27. The summed E-state index contributed by atoms with van der Waals surface area (Å²) in [6.45, 7) is 6.89.